The standard InChI is InChI=1S/C30H50O5Si2/c1-25(36(6,7)8)15-14-18-28(29(31)32-5)34-24-27(20-22-35-37(9,10)30(2,3)4)19-21-33-23-26-16-12-11-13-17-26/h11-13,16-18,20H,1,14-15,19,21-24H2,2-10H3/b27-20-,28-18+. The molecule has 1 aromatic carbocycles. The van der Waals surface area contributed by atoms with E-state index < -0.39 is 22.4 Å². The van der Waals surface area contributed by atoms with Gasteiger partial charge in [-0.25, -0.2) is 4.79 Å². The SMILES string of the molecule is C=C(CC/C=C(/OC/C(=C\CO[Si](C)(C)C(C)(C)C)CCOCc1ccccc1)C(=O)OC)[Si](C)(C)C. The average molecular weight is 547 g/mol. The lowest BCUT2D eigenvalue weighted by molar-refractivity contribution is -0.140. The molecule has 0 spiro atoms. The maximum atomic E-state index is 12.4. The number of methoxy groups -OCH3 is 1. The molecule has 0 heterocycles. The number of ether oxygens (including phenoxy) is 3. The van der Waals surface area contributed by atoms with E-state index in [0.717, 1.165) is 17.6 Å². The molecule has 5 nitrogen and oxygen atoms in total. The van der Waals surface area contributed by atoms with Crippen molar-refractivity contribution in [1.29, 1.82) is 0 Å². The van der Waals surface area contributed by atoms with Gasteiger partial charge < -0.3 is 18.6 Å². The zero-order valence-electron chi connectivity index (χ0n) is 24.7. The Bertz CT molecular complexity index is 906. The van der Waals surface area contributed by atoms with Gasteiger partial charge in [0, 0.05) is 0 Å². The van der Waals surface area contributed by atoms with Gasteiger partial charge in [-0.15, -0.1) is 6.58 Å². The van der Waals surface area contributed by atoms with Crippen LogP contribution in [0.4, 0.5) is 0 Å². The first-order chi connectivity index (χ1) is 17.2. The molecule has 0 radical (unpaired) electrons. The Morgan fingerprint density at radius 2 is 1.65 bits per heavy atom. The molecule has 0 atom stereocenters. The number of rotatable bonds is 16. The Labute approximate surface area is 228 Å². The van der Waals surface area contributed by atoms with E-state index in [0.29, 0.717) is 32.7 Å². The number of allylic oxidation sites excluding steroid dienone is 2. The lowest BCUT2D eigenvalue weighted by Crippen LogP contribution is -2.40. The predicted molar refractivity (Wildman–Crippen MR) is 160 cm³/mol. The van der Waals surface area contributed by atoms with Gasteiger partial charge in [-0.2, -0.15) is 0 Å². The fourth-order valence-corrected chi connectivity index (χ4v) is 4.84. The molecule has 0 N–H and O–H groups in total. The third kappa shape index (κ3) is 12.9. The van der Waals surface area contributed by atoms with Gasteiger partial charge in [-0.05, 0) is 54.6 Å². The largest absolute Gasteiger partial charge is 0.482 e. The van der Waals surface area contributed by atoms with Crippen molar-refractivity contribution < 1.29 is 23.4 Å². The molecule has 1 aromatic rings. The molecule has 1 rings (SSSR count). The molecule has 0 aromatic heterocycles. The monoisotopic (exact) mass is 546 g/mol. The maximum absolute atomic E-state index is 12.4. The first-order valence-corrected chi connectivity index (χ1v) is 19.6. The molecular formula is C30H50O5Si2. The second kappa shape index (κ2) is 15.5. The second-order valence-corrected chi connectivity index (χ2v) is 22.0. The van der Waals surface area contributed by atoms with Gasteiger partial charge in [0.25, 0.3) is 0 Å². The highest BCUT2D eigenvalue weighted by atomic mass is 28.4. The van der Waals surface area contributed by atoms with Gasteiger partial charge >= 0.3 is 5.97 Å². The minimum Gasteiger partial charge on any atom is -0.482 e. The first-order valence-electron chi connectivity index (χ1n) is 13.2. The molecule has 37 heavy (non-hydrogen) atoms. The summed E-state index contributed by atoms with van der Waals surface area (Å²) in [5, 5.41) is 1.41. The van der Waals surface area contributed by atoms with Gasteiger partial charge in [-0.3, -0.25) is 0 Å². The minimum absolute atomic E-state index is 0.136. The summed E-state index contributed by atoms with van der Waals surface area (Å²) in [4.78, 5) is 12.4. The van der Waals surface area contributed by atoms with E-state index in [2.05, 4.69) is 78.3 Å². The minimum atomic E-state index is -1.87. The van der Waals surface area contributed by atoms with E-state index in [4.69, 9.17) is 18.6 Å². The number of carbonyl (C=O) groups excluding carboxylic acids is 1. The Balaban J connectivity index is 2.85. The van der Waals surface area contributed by atoms with Gasteiger partial charge in [0.15, 0.2) is 8.32 Å². The van der Waals surface area contributed by atoms with Crippen molar-refractivity contribution in [2.75, 3.05) is 26.9 Å². The molecule has 0 aliphatic heterocycles. The van der Waals surface area contributed by atoms with Gasteiger partial charge in [0.2, 0.25) is 5.76 Å². The summed E-state index contributed by atoms with van der Waals surface area (Å²) >= 11 is 0. The molecule has 208 valence electrons. The van der Waals surface area contributed by atoms with Crippen LogP contribution < -0.4 is 0 Å². The molecule has 0 bridgehead atoms. The number of hydrogen-bond acceptors (Lipinski definition) is 5. The van der Waals surface area contributed by atoms with Crippen LogP contribution in [0.25, 0.3) is 0 Å². The van der Waals surface area contributed by atoms with Crippen LogP contribution in [0.5, 0.6) is 0 Å². The molecule has 0 saturated carbocycles. The quantitative estimate of drug-likeness (QED) is 0.0528. The zero-order valence-corrected chi connectivity index (χ0v) is 26.7. The van der Waals surface area contributed by atoms with Crippen LogP contribution in [0, 0.1) is 0 Å². The van der Waals surface area contributed by atoms with Crippen LogP contribution in [0.1, 0.15) is 45.6 Å². The second-order valence-electron chi connectivity index (χ2n) is 12.0. The highest BCUT2D eigenvalue weighted by Gasteiger charge is 2.36. The molecule has 7 heteroatoms. The Kier molecular flexibility index (Phi) is 13.8. The van der Waals surface area contributed by atoms with E-state index in [9.17, 15) is 4.79 Å². The van der Waals surface area contributed by atoms with Gasteiger partial charge in [0.05, 0.1) is 35.0 Å². The molecule has 0 unspecified atom stereocenters. The fraction of sp³-hybridized carbons (Fsp3) is 0.567. The molecule has 0 aliphatic carbocycles. The summed E-state index contributed by atoms with van der Waals surface area (Å²) in [5.41, 5.74) is 2.18. The van der Waals surface area contributed by atoms with Gasteiger partial charge in [-0.1, -0.05) is 82.0 Å². The topological polar surface area (TPSA) is 54.0 Å². The van der Waals surface area contributed by atoms with Crippen LogP contribution in [-0.2, 0) is 30.0 Å². The highest BCUT2D eigenvalue weighted by Crippen LogP contribution is 2.36. The van der Waals surface area contributed by atoms with Crippen LogP contribution in [0.15, 0.2) is 65.6 Å². The van der Waals surface area contributed by atoms with Crippen molar-refractivity contribution >= 4 is 22.4 Å². The van der Waals surface area contributed by atoms with E-state index >= 15 is 0 Å². The number of hydrogen-bond donors (Lipinski definition) is 0. The summed E-state index contributed by atoms with van der Waals surface area (Å²) in [6.45, 7) is 24.2. The average Bonchev–Trinajstić information content (AvgIpc) is 2.81. The summed E-state index contributed by atoms with van der Waals surface area (Å²) in [6.07, 6.45) is 6.13. The summed E-state index contributed by atoms with van der Waals surface area (Å²) < 4.78 is 23.2. The summed E-state index contributed by atoms with van der Waals surface area (Å²) in [7, 11) is -1.90. The lowest BCUT2D eigenvalue weighted by atomic mass is 10.2. The van der Waals surface area contributed by atoms with Crippen LogP contribution in [0.3, 0.4) is 0 Å². The number of esters is 1. The van der Waals surface area contributed by atoms with Crippen molar-refractivity contribution in [3.8, 4) is 0 Å². The van der Waals surface area contributed by atoms with Gasteiger partial charge in [0.1, 0.15) is 6.61 Å². The van der Waals surface area contributed by atoms with Crippen molar-refractivity contribution in [2.24, 2.45) is 0 Å². The molecule has 0 fully saturated rings. The molecule has 0 saturated heterocycles. The van der Waals surface area contributed by atoms with E-state index in [-0.39, 0.29) is 17.4 Å². The normalized spacial score (nSPS) is 13.4. The summed E-state index contributed by atoms with van der Waals surface area (Å²) in [5.74, 6) is -0.219. The first kappa shape index (κ1) is 33.1. The Hall–Kier alpha value is -1.94. The maximum Gasteiger partial charge on any atom is 0.372 e. The zero-order chi connectivity index (χ0) is 28.1. The van der Waals surface area contributed by atoms with E-state index in [1.54, 1.807) is 0 Å². The van der Waals surface area contributed by atoms with Crippen LogP contribution >= 0.6 is 0 Å². The molecule has 0 amide bonds. The van der Waals surface area contributed by atoms with Crippen LogP contribution in [-0.4, -0.2) is 49.3 Å². The predicted octanol–water partition coefficient (Wildman–Crippen LogP) is 7.83. The third-order valence-electron chi connectivity index (χ3n) is 6.94. The fourth-order valence-electron chi connectivity index (χ4n) is 3.01. The van der Waals surface area contributed by atoms with Crippen LogP contribution in [0.2, 0.25) is 37.8 Å². The third-order valence-corrected chi connectivity index (χ3v) is 13.8. The van der Waals surface area contributed by atoms with E-state index in [1.165, 1.54) is 12.3 Å². The van der Waals surface area contributed by atoms with Crippen molar-refractivity contribution in [2.45, 2.75) is 84.4 Å². The van der Waals surface area contributed by atoms with Crippen molar-refractivity contribution in [3.63, 3.8) is 0 Å². The molecule has 0 aliphatic rings. The number of carbonyl (C=O) groups is 1. The van der Waals surface area contributed by atoms with Crippen molar-refractivity contribution in [1.82, 2.24) is 0 Å². The van der Waals surface area contributed by atoms with Crippen molar-refractivity contribution in [3.05, 3.63) is 71.2 Å². The highest BCUT2D eigenvalue weighted by molar-refractivity contribution is 6.82. The Morgan fingerprint density at radius 3 is 2.22 bits per heavy atom. The molecular weight excluding hydrogens is 496 g/mol. The van der Waals surface area contributed by atoms with E-state index in [1.807, 2.05) is 24.3 Å². The number of benzene rings is 1. The Morgan fingerprint density at radius 1 is 1.00 bits per heavy atom. The summed E-state index contributed by atoms with van der Waals surface area (Å²) in [6, 6.07) is 10.1. The lowest BCUT2D eigenvalue weighted by Gasteiger charge is -2.35. The smallest absolute Gasteiger partial charge is 0.372 e.